The van der Waals surface area contributed by atoms with Crippen LogP contribution in [-0.4, -0.2) is 6.04 Å². The first-order valence-electron chi connectivity index (χ1n) is 7.04. The zero-order valence-electron chi connectivity index (χ0n) is 11.3. The lowest BCUT2D eigenvalue weighted by atomic mass is 9.91. The Bertz CT molecular complexity index is 423. The molecule has 3 unspecified atom stereocenters. The van der Waals surface area contributed by atoms with E-state index in [4.69, 9.17) is 5.84 Å². The van der Waals surface area contributed by atoms with Crippen LogP contribution in [0, 0.1) is 23.5 Å². The average Bonchev–Trinajstić information content (AvgIpc) is 2.88. The van der Waals surface area contributed by atoms with Crippen LogP contribution in [0.1, 0.15) is 38.2 Å². The molecule has 1 fully saturated rings. The van der Waals surface area contributed by atoms with Crippen LogP contribution in [0.3, 0.4) is 0 Å². The minimum atomic E-state index is -0.398. The Balaban J connectivity index is 2.05. The van der Waals surface area contributed by atoms with Gasteiger partial charge in [-0.25, -0.2) is 8.78 Å². The molecular formula is C15H22F2N2. The second-order valence-corrected chi connectivity index (χ2v) is 5.56. The molecule has 19 heavy (non-hydrogen) atoms. The number of halogens is 2. The SMILES string of the molecule is CCC1CCC(C(Cc2cc(F)ccc2F)NN)C1. The van der Waals surface area contributed by atoms with Crippen LogP contribution in [-0.2, 0) is 6.42 Å². The molecule has 2 rings (SSSR count). The molecule has 1 saturated carbocycles. The molecule has 106 valence electrons. The highest BCUT2D eigenvalue weighted by Crippen LogP contribution is 2.35. The highest BCUT2D eigenvalue weighted by Gasteiger charge is 2.30. The maximum Gasteiger partial charge on any atom is 0.126 e. The van der Waals surface area contributed by atoms with Gasteiger partial charge < -0.3 is 0 Å². The zero-order valence-corrected chi connectivity index (χ0v) is 11.3. The van der Waals surface area contributed by atoms with Gasteiger partial charge in [0.05, 0.1) is 0 Å². The Morgan fingerprint density at radius 2 is 2.16 bits per heavy atom. The Morgan fingerprint density at radius 3 is 2.79 bits per heavy atom. The third-order valence-electron chi connectivity index (χ3n) is 4.39. The largest absolute Gasteiger partial charge is 0.271 e. The summed E-state index contributed by atoms with van der Waals surface area (Å²) in [4.78, 5) is 0. The molecule has 0 spiro atoms. The van der Waals surface area contributed by atoms with E-state index in [1.165, 1.54) is 25.0 Å². The van der Waals surface area contributed by atoms with Crippen molar-refractivity contribution < 1.29 is 8.78 Å². The maximum atomic E-state index is 13.7. The van der Waals surface area contributed by atoms with Gasteiger partial charge in [-0.15, -0.1) is 0 Å². The molecule has 1 aromatic rings. The number of hydrazine groups is 1. The summed E-state index contributed by atoms with van der Waals surface area (Å²) in [5, 5.41) is 0. The summed E-state index contributed by atoms with van der Waals surface area (Å²) in [7, 11) is 0. The fraction of sp³-hybridized carbons (Fsp3) is 0.600. The van der Waals surface area contributed by atoms with Crippen molar-refractivity contribution in [3.8, 4) is 0 Å². The highest BCUT2D eigenvalue weighted by atomic mass is 19.1. The molecule has 1 aliphatic carbocycles. The minimum Gasteiger partial charge on any atom is -0.271 e. The van der Waals surface area contributed by atoms with E-state index < -0.39 is 5.82 Å². The number of rotatable bonds is 5. The summed E-state index contributed by atoms with van der Waals surface area (Å²) >= 11 is 0. The maximum absolute atomic E-state index is 13.7. The molecule has 4 heteroatoms. The molecular weight excluding hydrogens is 246 g/mol. The van der Waals surface area contributed by atoms with Crippen LogP contribution in [0.2, 0.25) is 0 Å². The molecule has 0 amide bonds. The van der Waals surface area contributed by atoms with Gasteiger partial charge in [-0.05, 0) is 54.9 Å². The number of hydrogen-bond acceptors (Lipinski definition) is 2. The second kappa shape index (κ2) is 6.44. The topological polar surface area (TPSA) is 38.0 Å². The van der Waals surface area contributed by atoms with Crippen molar-refractivity contribution in [2.75, 3.05) is 0 Å². The molecule has 0 heterocycles. The lowest BCUT2D eigenvalue weighted by Gasteiger charge is -2.23. The fourth-order valence-electron chi connectivity index (χ4n) is 3.15. The summed E-state index contributed by atoms with van der Waals surface area (Å²) in [6.07, 6.45) is 5.08. The Hall–Kier alpha value is -1.00. The molecule has 3 N–H and O–H groups in total. The van der Waals surface area contributed by atoms with Crippen molar-refractivity contribution in [2.24, 2.45) is 17.7 Å². The van der Waals surface area contributed by atoms with E-state index in [1.807, 2.05) is 0 Å². The number of nitrogens with two attached hydrogens (primary N) is 1. The summed E-state index contributed by atoms with van der Waals surface area (Å²) in [5.74, 6) is 6.06. The normalized spacial score (nSPS) is 24.6. The van der Waals surface area contributed by atoms with Crippen LogP contribution < -0.4 is 11.3 Å². The number of nitrogens with one attached hydrogen (secondary N) is 1. The molecule has 0 aliphatic heterocycles. The monoisotopic (exact) mass is 268 g/mol. The van der Waals surface area contributed by atoms with E-state index in [9.17, 15) is 8.78 Å². The third kappa shape index (κ3) is 3.51. The first-order valence-corrected chi connectivity index (χ1v) is 7.04. The zero-order chi connectivity index (χ0) is 13.8. The van der Waals surface area contributed by atoms with Crippen LogP contribution in [0.4, 0.5) is 8.78 Å². The first-order chi connectivity index (χ1) is 9.13. The van der Waals surface area contributed by atoms with Crippen molar-refractivity contribution in [3.05, 3.63) is 35.4 Å². The molecule has 0 saturated heterocycles. The molecule has 3 atom stereocenters. The van der Waals surface area contributed by atoms with E-state index in [0.29, 0.717) is 17.9 Å². The molecule has 0 aromatic heterocycles. The summed E-state index contributed by atoms with van der Waals surface area (Å²) in [6, 6.07) is 3.62. The van der Waals surface area contributed by atoms with Crippen molar-refractivity contribution in [1.29, 1.82) is 0 Å². The van der Waals surface area contributed by atoms with Gasteiger partial charge >= 0.3 is 0 Å². The Labute approximate surface area is 113 Å². The third-order valence-corrected chi connectivity index (χ3v) is 4.39. The molecule has 1 aromatic carbocycles. The van der Waals surface area contributed by atoms with Crippen molar-refractivity contribution >= 4 is 0 Å². The molecule has 1 aliphatic rings. The van der Waals surface area contributed by atoms with Gasteiger partial charge in [0, 0.05) is 6.04 Å². The van der Waals surface area contributed by atoms with Crippen LogP contribution in [0.5, 0.6) is 0 Å². The van der Waals surface area contributed by atoms with Crippen molar-refractivity contribution in [1.82, 2.24) is 5.43 Å². The van der Waals surface area contributed by atoms with Gasteiger partial charge in [-0.2, -0.15) is 0 Å². The standard InChI is InChI=1S/C15H22F2N2/c1-2-10-3-4-11(7-10)15(19-18)9-12-8-13(16)5-6-14(12)17/h5-6,8,10-11,15,19H,2-4,7,9,18H2,1H3. The first kappa shape index (κ1) is 14.4. The van der Waals surface area contributed by atoms with Crippen LogP contribution >= 0.6 is 0 Å². The second-order valence-electron chi connectivity index (χ2n) is 5.56. The highest BCUT2D eigenvalue weighted by molar-refractivity contribution is 5.20. The van der Waals surface area contributed by atoms with Gasteiger partial charge in [0.25, 0.3) is 0 Å². The smallest absolute Gasteiger partial charge is 0.126 e. The average molecular weight is 268 g/mol. The lowest BCUT2D eigenvalue weighted by Crippen LogP contribution is -2.42. The van der Waals surface area contributed by atoms with E-state index in [0.717, 1.165) is 24.8 Å². The van der Waals surface area contributed by atoms with Crippen LogP contribution in [0.25, 0.3) is 0 Å². The van der Waals surface area contributed by atoms with Gasteiger partial charge in [-0.1, -0.05) is 19.8 Å². The predicted octanol–water partition coefficient (Wildman–Crippen LogP) is 3.17. The van der Waals surface area contributed by atoms with Gasteiger partial charge in [0.2, 0.25) is 0 Å². The summed E-state index contributed by atoms with van der Waals surface area (Å²) < 4.78 is 26.8. The van der Waals surface area contributed by atoms with Gasteiger partial charge in [0.15, 0.2) is 0 Å². The number of benzene rings is 1. The fourth-order valence-corrected chi connectivity index (χ4v) is 3.15. The quantitative estimate of drug-likeness (QED) is 0.636. The van der Waals surface area contributed by atoms with E-state index in [2.05, 4.69) is 12.3 Å². The summed E-state index contributed by atoms with van der Waals surface area (Å²) in [5.41, 5.74) is 3.20. The van der Waals surface area contributed by atoms with E-state index in [-0.39, 0.29) is 11.9 Å². The van der Waals surface area contributed by atoms with Gasteiger partial charge in [0.1, 0.15) is 11.6 Å². The minimum absolute atomic E-state index is 0.0212. The molecule has 0 radical (unpaired) electrons. The summed E-state index contributed by atoms with van der Waals surface area (Å²) in [6.45, 7) is 2.20. The molecule has 0 bridgehead atoms. The molecule has 2 nitrogen and oxygen atoms in total. The van der Waals surface area contributed by atoms with Gasteiger partial charge in [-0.3, -0.25) is 11.3 Å². The van der Waals surface area contributed by atoms with E-state index in [1.54, 1.807) is 0 Å². The van der Waals surface area contributed by atoms with Crippen LogP contribution in [0.15, 0.2) is 18.2 Å². The number of hydrogen-bond donors (Lipinski definition) is 2. The predicted molar refractivity (Wildman–Crippen MR) is 72.3 cm³/mol. The van der Waals surface area contributed by atoms with Crippen molar-refractivity contribution in [2.45, 2.75) is 45.1 Å². The van der Waals surface area contributed by atoms with Crippen molar-refractivity contribution in [3.63, 3.8) is 0 Å². The Kier molecular flexibility index (Phi) is 4.88. The lowest BCUT2D eigenvalue weighted by molar-refractivity contribution is 0.344. The Morgan fingerprint density at radius 1 is 1.37 bits per heavy atom. The van der Waals surface area contributed by atoms with E-state index >= 15 is 0 Å².